The minimum Gasteiger partial charge on any atom is -0.449 e. The van der Waals surface area contributed by atoms with Crippen LogP contribution in [-0.4, -0.2) is 6.54 Å². The molecule has 1 heterocycles. The monoisotopic (exact) mass is 232 g/mol. The van der Waals surface area contributed by atoms with Crippen LogP contribution in [0.3, 0.4) is 0 Å². The standard InChI is InChI=1S/C14H20N2O/c1-2-14(7-3-4-8-14)11-16-10-13-6-5-12(9-15)17-13/h5-6,16H,2-4,7-8,10-11H2,1H3. The lowest BCUT2D eigenvalue weighted by atomic mass is 9.83. The SMILES string of the molecule is CCC1(CNCc2ccc(C#N)o2)CCCC1. The van der Waals surface area contributed by atoms with Crippen LogP contribution in [0.1, 0.15) is 50.5 Å². The zero-order valence-electron chi connectivity index (χ0n) is 10.5. The molecule has 1 N–H and O–H groups in total. The Hall–Kier alpha value is -1.27. The second-order valence-electron chi connectivity index (χ2n) is 5.04. The van der Waals surface area contributed by atoms with Crippen molar-refractivity contribution in [1.82, 2.24) is 5.32 Å². The Kier molecular flexibility index (Phi) is 3.86. The number of rotatable bonds is 5. The van der Waals surface area contributed by atoms with Crippen LogP contribution in [0.25, 0.3) is 0 Å². The van der Waals surface area contributed by atoms with Gasteiger partial charge in [0.05, 0.1) is 6.54 Å². The fourth-order valence-corrected chi connectivity index (χ4v) is 2.76. The summed E-state index contributed by atoms with van der Waals surface area (Å²) in [6.45, 7) is 4.07. The molecule has 0 bridgehead atoms. The lowest BCUT2D eigenvalue weighted by molar-refractivity contribution is 0.264. The smallest absolute Gasteiger partial charge is 0.203 e. The molecule has 1 aliphatic carbocycles. The molecule has 0 spiro atoms. The molecule has 3 nitrogen and oxygen atoms in total. The maximum Gasteiger partial charge on any atom is 0.203 e. The number of hydrogen-bond donors (Lipinski definition) is 1. The third-order valence-electron chi connectivity index (χ3n) is 3.99. The lowest BCUT2D eigenvalue weighted by Crippen LogP contribution is -2.31. The minimum absolute atomic E-state index is 0.396. The molecule has 92 valence electrons. The molecule has 0 saturated heterocycles. The first-order valence-corrected chi connectivity index (χ1v) is 6.47. The highest BCUT2D eigenvalue weighted by Crippen LogP contribution is 2.40. The molecular formula is C14H20N2O. The fraction of sp³-hybridized carbons (Fsp3) is 0.643. The Labute approximate surface area is 103 Å². The van der Waals surface area contributed by atoms with Gasteiger partial charge in [0.1, 0.15) is 11.8 Å². The van der Waals surface area contributed by atoms with Crippen LogP contribution in [0.4, 0.5) is 0 Å². The fourth-order valence-electron chi connectivity index (χ4n) is 2.76. The highest BCUT2D eigenvalue weighted by atomic mass is 16.3. The van der Waals surface area contributed by atoms with E-state index in [0.717, 1.165) is 18.8 Å². The van der Waals surface area contributed by atoms with E-state index in [4.69, 9.17) is 9.68 Å². The van der Waals surface area contributed by atoms with Crippen molar-refractivity contribution < 1.29 is 4.42 Å². The summed E-state index contributed by atoms with van der Waals surface area (Å²) in [6.07, 6.45) is 6.68. The number of hydrogen-bond acceptors (Lipinski definition) is 3. The van der Waals surface area contributed by atoms with Gasteiger partial charge in [0.2, 0.25) is 5.76 Å². The van der Waals surface area contributed by atoms with Gasteiger partial charge in [-0.05, 0) is 36.8 Å². The quantitative estimate of drug-likeness (QED) is 0.848. The van der Waals surface area contributed by atoms with Crippen LogP contribution in [0.15, 0.2) is 16.5 Å². The van der Waals surface area contributed by atoms with Gasteiger partial charge in [-0.2, -0.15) is 5.26 Å². The number of nitrogens with one attached hydrogen (secondary N) is 1. The van der Waals surface area contributed by atoms with E-state index in [1.807, 2.05) is 12.1 Å². The summed E-state index contributed by atoms with van der Waals surface area (Å²) in [6, 6.07) is 5.60. The zero-order chi connectivity index (χ0) is 12.1. The van der Waals surface area contributed by atoms with Gasteiger partial charge in [0.15, 0.2) is 0 Å². The largest absolute Gasteiger partial charge is 0.449 e. The topological polar surface area (TPSA) is 49.0 Å². The summed E-state index contributed by atoms with van der Waals surface area (Å²) >= 11 is 0. The van der Waals surface area contributed by atoms with E-state index in [-0.39, 0.29) is 0 Å². The maximum absolute atomic E-state index is 8.66. The molecule has 0 aromatic carbocycles. The molecule has 0 unspecified atom stereocenters. The van der Waals surface area contributed by atoms with Crippen molar-refractivity contribution in [2.45, 2.75) is 45.6 Å². The maximum atomic E-state index is 8.66. The van der Waals surface area contributed by atoms with E-state index >= 15 is 0 Å². The molecule has 1 fully saturated rings. The summed E-state index contributed by atoms with van der Waals surface area (Å²) in [7, 11) is 0. The van der Waals surface area contributed by atoms with Crippen LogP contribution >= 0.6 is 0 Å². The second-order valence-corrected chi connectivity index (χ2v) is 5.04. The highest BCUT2D eigenvalue weighted by molar-refractivity contribution is 5.18. The zero-order valence-corrected chi connectivity index (χ0v) is 10.5. The molecule has 1 aliphatic rings. The Bertz CT molecular complexity index is 397. The summed E-state index contributed by atoms with van der Waals surface area (Å²) in [5.41, 5.74) is 0.505. The molecule has 17 heavy (non-hydrogen) atoms. The van der Waals surface area contributed by atoms with Crippen molar-refractivity contribution in [3.05, 3.63) is 23.7 Å². The Morgan fingerprint density at radius 3 is 2.76 bits per heavy atom. The first kappa shape index (κ1) is 12.2. The van der Waals surface area contributed by atoms with Crippen molar-refractivity contribution in [2.75, 3.05) is 6.54 Å². The molecule has 0 atom stereocenters. The predicted octanol–water partition coefficient (Wildman–Crippen LogP) is 3.21. The van der Waals surface area contributed by atoms with Crippen molar-refractivity contribution in [1.29, 1.82) is 5.26 Å². The van der Waals surface area contributed by atoms with Crippen molar-refractivity contribution in [2.24, 2.45) is 5.41 Å². The predicted molar refractivity (Wildman–Crippen MR) is 66.3 cm³/mol. The van der Waals surface area contributed by atoms with Gasteiger partial charge in [-0.25, -0.2) is 0 Å². The van der Waals surface area contributed by atoms with E-state index in [0.29, 0.717) is 11.2 Å². The molecule has 1 saturated carbocycles. The summed E-state index contributed by atoms with van der Waals surface area (Å²) in [5.74, 6) is 1.25. The van der Waals surface area contributed by atoms with Gasteiger partial charge in [-0.1, -0.05) is 19.8 Å². The third kappa shape index (κ3) is 2.89. The Balaban J connectivity index is 1.81. The molecule has 0 radical (unpaired) electrons. The van der Waals surface area contributed by atoms with Gasteiger partial charge in [-0.3, -0.25) is 0 Å². The Morgan fingerprint density at radius 2 is 2.18 bits per heavy atom. The normalized spacial score (nSPS) is 18.1. The van der Waals surface area contributed by atoms with Gasteiger partial charge >= 0.3 is 0 Å². The van der Waals surface area contributed by atoms with Crippen LogP contribution in [0, 0.1) is 16.7 Å². The van der Waals surface area contributed by atoms with E-state index in [9.17, 15) is 0 Å². The van der Waals surface area contributed by atoms with Crippen LogP contribution in [0.5, 0.6) is 0 Å². The second kappa shape index (κ2) is 5.37. The lowest BCUT2D eigenvalue weighted by Gasteiger charge is -2.27. The first-order valence-electron chi connectivity index (χ1n) is 6.47. The van der Waals surface area contributed by atoms with E-state index < -0.39 is 0 Å². The summed E-state index contributed by atoms with van der Waals surface area (Å²) < 4.78 is 5.34. The van der Waals surface area contributed by atoms with Gasteiger partial charge in [0.25, 0.3) is 0 Å². The third-order valence-corrected chi connectivity index (χ3v) is 3.99. The molecule has 0 aliphatic heterocycles. The van der Waals surface area contributed by atoms with E-state index in [2.05, 4.69) is 12.2 Å². The van der Waals surface area contributed by atoms with Crippen LogP contribution in [-0.2, 0) is 6.54 Å². The summed E-state index contributed by atoms with van der Waals surface area (Å²) in [4.78, 5) is 0. The molecular weight excluding hydrogens is 212 g/mol. The molecule has 2 rings (SSSR count). The molecule has 3 heteroatoms. The highest BCUT2D eigenvalue weighted by Gasteiger charge is 2.31. The average Bonchev–Trinajstić information content (AvgIpc) is 2.98. The first-order chi connectivity index (χ1) is 8.28. The van der Waals surface area contributed by atoms with Gasteiger partial charge in [0, 0.05) is 6.54 Å². The van der Waals surface area contributed by atoms with Crippen LogP contribution < -0.4 is 5.32 Å². The minimum atomic E-state index is 0.396. The number of furan rings is 1. The average molecular weight is 232 g/mol. The molecule has 1 aromatic rings. The van der Waals surface area contributed by atoms with E-state index in [1.165, 1.54) is 32.1 Å². The molecule has 1 aromatic heterocycles. The number of nitrogens with zero attached hydrogens (tertiary/aromatic N) is 1. The van der Waals surface area contributed by atoms with Crippen molar-refractivity contribution in [3.8, 4) is 6.07 Å². The van der Waals surface area contributed by atoms with Gasteiger partial charge in [-0.15, -0.1) is 0 Å². The van der Waals surface area contributed by atoms with Crippen molar-refractivity contribution in [3.63, 3.8) is 0 Å². The molecule has 0 amide bonds. The summed E-state index contributed by atoms with van der Waals surface area (Å²) in [5, 5.41) is 12.1. The van der Waals surface area contributed by atoms with Crippen molar-refractivity contribution >= 4 is 0 Å². The number of nitriles is 1. The van der Waals surface area contributed by atoms with Crippen LogP contribution in [0.2, 0.25) is 0 Å². The van der Waals surface area contributed by atoms with Gasteiger partial charge < -0.3 is 9.73 Å². The van der Waals surface area contributed by atoms with E-state index in [1.54, 1.807) is 6.07 Å². The Morgan fingerprint density at radius 1 is 1.41 bits per heavy atom.